The van der Waals surface area contributed by atoms with Crippen LogP contribution in [-0.2, 0) is 32.6 Å². The highest BCUT2D eigenvalue weighted by atomic mass is 19.1. The quantitative estimate of drug-likeness (QED) is 0.245. The fourth-order valence-corrected chi connectivity index (χ4v) is 6.06. The number of ether oxygens (including phenoxy) is 2. The van der Waals surface area contributed by atoms with E-state index in [2.05, 4.69) is 35.0 Å². The summed E-state index contributed by atoms with van der Waals surface area (Å²) in [6.45, 7) is 4.60. The average Bonchev–Trinajstić information content (AvgIpc) is 3.49. The Hall–Kier alpha value is -4.25. The van der Waals surface area contributed by atoms with E-state index in [0.717, 1.165) is 83.7 Å². The van der Waals surface area contributed by atoms with Crippen LogP contribution in [-0.4, -0.2) is 34.2 Å². The van der Waals surface area contributed by atoms with Gasteiger partial charge in [0.15, 0.2) is 0 Å². The second-order valence-electron chi connectivity index (χ2n) is 11.1. The number of aromatic nitrogens is 1. The lowest BCUT2D eigenvalue weighted by Crippen LogP contribution is -2.49. The van der Waals surface area contributed by atoms with E-state index < -0.39 is 0 Å². The Morgan fingerprint density at radius 1 is 1.02 bits per heavy atom. The third-order valence-corrected chi connectivity index (χ3v) is 8.58. The minimum atomic E-state index is -0.249. The molecule has 42 heavy (non-hydrogen) atoms. The van der Waals surface area contributed by atoms with Gasteiger partial charge in [-0.2, -0.15) is 5.26 Å². The molecule has 1 aromatic heterocycles. The maximum absolute atomic E-state index is 13.5. The van der Waals surface area contributed by atoms with Crippen LogP contribution in [0, 0.1) is 24.1 Å². The summed E-state index contributed by atoms with van der Waals surface area (Å²) in [6.07, 6.45) is 7.23. The molecule has 1 N–H and O–H groups in total. The topological polar surface area (TPSA) is 78.6 Å². The maximum Gasteiger partial charge on any atom is 0.128 e. The number of aliphatic hydroxyl groups excluding tert-OH is 1. The van der Waals surface area contributed by atoms with E-state index in [4.69, 9.17) is 9.47 Å². The van der Waals surface area contributed by atoms with Gasteiger partial charge in [0.1, 0.15) is 36.6 Å². The van der Waals surface area contributed by atoms with Crippen molar-refractivity contribution in [1.29, 1.82) is 5.26 Å². The number of hydrogen-bond acceptors (Lipinski definition) is 6. The lowest BCUT2D eigenvalue weighted by Gasteiger charge is -2.40. The molecular weight excluding hydrogens is 529 g/mol. The first-order valence-electron chi connectivity index (χ1n) is 14.5. The van der Waals surface area contributed by atoms with Crippen molar-refractivity contribution < 1.29 is 19.0 Å². The van der Waals surface area contributed by atoms with Crippen molar-refractivity contribution in [2.24, 2.45) is 0 Å². The Morgan fingerprint density at radius 3 is 2.60 bits per heavy atom. The number of nitrogens with zero attached hydrogens (tertiary/aromatic N) is 3. The van der Waals surface area contributed by atoms with Gasteiger partial charge in [-0.3, -0.25) is 9.88 Å². The van der Waals surface area contributed by atoms with Gasteiger partial charge in [-0.05, 0) is 84.2 Å². The molecule has 1 aliphatic carbocycles. The number of hydrogen-bond donors (Lipinski definition) is 1. The molecule has 2 heterocycles. The minimum Gasteiger partial charge on any atom is -0.488 e. The molecule has 7 heteroatoms. The van der Waals surface area contributed by atoms with Crippen LogP contribution in [0.25, 0.3) is 11.1 Å². The molecule has 1 unspecified atom stereocenters. The van der Waals surface area contributed by atoms with E-state index >= 15 is 0 Å². The van der Waals surface area contributed by atoms with Crippen LogP contribution in [0.15, 0.2) is 67.0 Å². The molecular formula is C35H34FN3O3. The number of halogens is 1. The van der Waals surface area contributed by atoms with E-state index in [1.165, 1.54) is 23.3 Å². The molecule has 1 fully saturated rings. The smallest absolute Gasteiger partial charge is 0.128 e. The van der Waals surface area contributed by atoms with Gasteiger partial charge in [-0.15, -0.1) is 0 Å². The minimum absolute atomic E-state index is 0.155. The molecule has 1 atom stereocenters. The van der Waals surface area contributed by atoms with E-state index in [1.54, 1.807) is 30.6 Å². The van der Waals surface area contributed by atoms with Crippen molar-refractivity contribution in [1.82, 2.24) is 9.88 Å². The molecule has 214 valence electrons. The number of nitriles is 1. The van der Waals surface area contributed by atoms with Crippen LogP contribution in [0.3, 0.4) is 0 Å². The highest BCUT2D eigenvalue weighted by Crippen LogP contribution is 2.41. The molecule has 0 saturated carbocycles. The number of likely N-dealkylation sites (tertiary alicyclic amines) is 1. The molecule has 6 rings (SSSR count). The predicted molar refractivity (Wildman–Crippen MR) is 159 cm³/mol. The van der Waals surface area contributed by atoms with Crippen LogP contribution >= 0.6 is 0 Å². The van der Waals surface area contributed by atoms with E-state index in [9.17, 15) is 14.8 Å². The monoisotopic (exact) mass is 563 g/mol. The molecule has 0 radical (unpaired) electrons. The Kier molecular flexibility index (Phi) is 8.18. The second kappa shape index (κ2) is 12.3. The van der Waals surface area contributed by atoms with Gasteiger partial charge in [0.25, 0.3) is 0 Å². The summed E-state index contributed by atoms with van der Waals surface area (Å²) in [4.78, 5) is 6.49. The lowest BCUT2D eigenvalue weighted by atomic mass is 9.96. The van der Waals surface area contributed by atoms with Crippen molar-refractivity contribution in [3.63, 3.8) is 0 Å². The number of rotatable bonds is 10. The summed E-state index contributed by atoms with van der Waals surface area (Å²) in [5.41, 5.74) is 9.21. The van der Waals surface area contributed by atoms with Crippen molar-refractivity contribution in [3.05, 3.63) is 112 Å². The predicted octanol–water partition coefficient (Wildman–Crippen LogP) is 6.28. The third-order valence-electron chi connectivity index (χ3n) is 8.58. The zero-order chi connectivity index (χ0) is 29.1. The summed E-state index contributed by atoms with van der Waals surface area (Å²) < 4.78 is 26.5. The zero-order valence-corrected chi connectivity index (χ0v) is 23.8. The summed E-state index contributed by atoms with van der Waals surface area (Å²) in [7, 11) is 0. The molecule has 1 saturated heterocycles. The molecule has 0 bridgehead atoms. The van der Waals surface area contributed by atoms with Crippen molar-refractivity contribution in [2.45, 2.75) is 58.4 Å². The Labute approximate surface area is 246 Å². The largest absolute Gasteiger partial charge is 0.488 e. The van der Waals surface area contributed by atoms with Crippen LogP contribution in [0.1, 0.15) is 51.8 Å². The number of benzene rings is 3. The molecule has 3 aromatic carbocycles. The van der Waals surface area contributed by atoms with Crippen LogP contribution in [0.5, 0.6) is 11.5 Å². The fraction of sp³-hybridized carbons (Fsp3) is 0.314. The number of fused-ring (bicyclic) bond motifs is 1. The molecule has 4 aromatic rings. The van der Waals surface area contributed by atoms with Gasteiger partial charge in [0.2, 0.25) is 0 Å². The third kappa shape index (κ3) is 5.74. The molecule has 2 aliphatic rings. The standard InChI is InChI=1S/C35H34FN3O3/c1-23-27(4-2-5-30(23)26-8-10-28(36)11-9-26)22-42-34-15-35(41-21-25-14-24(16-37)17-38-18-25)33(31-6-3-7-32(31)34)19-39-13-12-29(39)20-40/h2,4-5,8-11,14-15,17-18,29,40H,3,6-7,12-13,19-22H2,1H3. The molecule has 6 nitrogen and oxygen atoms in total. The van der Waals surface area contributed by atoms with Crippen molar-refractivity contribution >= 4 is 0 Å². The summed E-state index contributed by atoms with van der Waals surface area (Å²) in [5.74, 6) is 1.36. The lowest BCUT2D eigenvalue weighted by molar-refractivity contribution is 0.0346. The normalized spacial score (nSPS) is 16.0. The van der Waals surface area contributed by atoms with Crippen LogP contribution < -0.4 is 9.47 Å². The first-order valence-corrected chi connectivity index (χ1v) is 14.5. The van der Waals surface area contributed by atoms with Gasteiger partial charge in [-0.25, -0.2) is 4.39 Å². The molecule has 0 amide bonds. The Bertz CT molecular complexity index is 1630. The molecule has 0 spiro atoms. The summed E-state index contributed by atoms with van der Waals surface area (Å²) in [5, 5.41) is 19.1. The van der Waals surface area contributed by atoms with Crippen LogP contribution in [0.4, 0.5) is 4.39 Å². The number of pyridine rings is 1. The highest BCUT2D eigenvalue weighted by molar-refractivity contribution is 5.68. The van der Waals surface area contributed by atoms with E-state index in [-0.39, 0.29) is 25.1 Å². The summed E-state index contributed by atoms with van der Waals surface area (Å²) in [6, 6.07) is 18.9. The van der Waals surface area contributed by atoms with Gasteiger partial charge in [0, 0.05) is 48.7 Å². The van der Waals surface area contributed by atoms with Crippen molar-refractivity contribution in [3.8, 4) is 28.7 Å². The van der Waals surface area contributed by atoms with E-state index in [0.29, 0.717) is 12.2 Å². The fourth-order valence-electron chi connectivity index (χ4n) is 6.06. The van der Waals surface area contributed by atoms with Gasteiger partial charge >= 0.3 is 0 Å². The Balaban J connectivity index is 1.30. The number of aliphatic hydroxyl groups is 1. The first kappa shape index (κ1) is 27.9. The molecule has 1 aliphatic heterocycles. The van der Waals surface area contributed by atoms with Gasteiger partial charge in [-0.1, -0.05) is 30.3 Å². The van der Waals surface area contributed by atoms with Crippen LogP contribution in [0.2, 0.25) is 0 Å². The maximum atomic E-state index is 13.5. The Morgan fingerprint density at radius 2 is 1.83 bits per heavy atom. The van der Waals surface area contributed by atoms with Gasteiger partial charge in [0.05, 0.1) is 12.2 Å². The first-order chi connectivity index (χ1) is 20.5. The second-order valence-corrected chi connectivity index (χ2v) is 11.1. The van der Waals surface area contributed by atoms with Gasteiger partial charge < -0.3 is 14.6 Å². The van der Waals surface area contributed by atoms with Crippen molar-refractivity contribution in [2.75, 3.05) is 13.2 Å². The van der Waals surface area contributed by atoms with E-state index in [1.807, 2.05) is 12.1 Å². The average molecular weight is 564 g/mol. The SMILES string of the molecule is Cc1c(COc2cc(OCc3cncc(C#N)c3)c(CN3CCC3CO)c3c2CCC3)cccc1-c1ccc(F)cc1. The summed E-state index contributed by atoms with van der Waals surface area (Å²) >= 11 is 0. The zero-order valence-electron chi connectivity index (χ0n) is 23.8. The highest BCUT2D eigenvalue weighted by Gasteiger charge is 2.31.